The molecule has 1 fully saturated rings. The first-order chi connectivity index (χ1) is 17.6. The number of hydrogen-bond donors (Lipinski definition) is 1. The summed E-state index contributed by atoms with van der Waals surface area (Å²) in [7, 11) is 1.72. The molecule has 0 radical (unpaired) electrons. The van der Waals surface area contributed by atoms with Crippen molar-refractivity contribution in [2.24, 2.45) is 0 Å². The second-order valence-electron chi connectivity index (χ2n) is 8.47. The van der Waals surface area contributed by atoms with Crippen molar-refractivity contribution in [2.75, 3.05) is 25.1 Å². The zero-order chi connectivity index (χ0) is 24.9. The van der Waals surface area contributed by atoms with E-state index >= 15 is 0 Å². The number of piperidine rings is 1. The fourth-order valence-corrected chi connectivity index (χ4v) is 4.98. The van der Waals surface area contributed by atoms with Gasteiger partial charge in [0, 0.05) is 42.9 Å². The van der Waals surface area contributed by atoms with Gasteiger partial charge in [-0.05, 0) is 37.1 Å². The van der Waals surface area contributed by atoms with Crippen LogP contribution in [0.2, 0.25) is 0 Å². The van der Waals surface area contributed by atoms with Gasteiger partial charge in [-0.1, -0.05) is 36.3 Å². The fourth-order valence-electron chi connectivity index (χ4n) is 4.01. The molecule has 5 rings (SSSR count). The fraction of sp³-hybridized carbons (Fsp3) is 0.222. The Kier molecular flexibility index (Phi) is 6.87. The number of carbonyl (C=O) groups is 2. The highest BCUT2D eigenvalue weighted by Gasteiger charge is 2.26. The summed E-state index contributed by atoms with van der Waals surface area (Å²) < 4.78 is 0. The molecule has 1 saturated heterocycles. The molecule has 2 aromatic carbocycles. The third-order valence-corrected chi connectivity index (χ3v) is 7.03. The number of hydrogen-bond acceptors (Lipinski definition) is 7. The lowest BCUT2D eigenvalue weighted by Crippen LogP contribution is -2.40. The molecule has 9 heteroatoms. The van der Waals surface area contributed by atoms with Gasteiger partial charge in [0.1, 0.15) is 5.69 Å². The summed E-state index contributed by atoms with van der Waals surface area (Å²) in [6.45, 7) is 1.24. The highest BCUT2D eigenvalue weighted by molar-refractivity contribution is 7.09. The van der Waals surface area contributed by atoms with Crippen LogP contribution in [0.1, 0.15) is 39.8 Å². The molecular formula is C27H24N6O2S. The molecular weight excluding hydrogens is 472 g/mol. The van der Waals surface area contributed by atoms with Gasteiger partial charge >= 0.3 is 0 Å². The van der Waals surface area contributed by atoms with Crippen molar-refractivity contribution in [3.8, 4) is 11.8 Å². The van der Waals surface area contributed by atoms with Gasteiger partial charge in [0.25, 0.3) is 11.8 Å². The number of aromatic nitrogens is 3. The molecule has 0 saturated carbocycles. The SMILES string of the molecule is CN(NC(=O)c1csc(C2CCN(C(=O)C#Cc3ccccc3)CC2)n1)c1cnc2ccccc2n1. The van der Waals surface area contributed by atoms with Gasteiger partial charge in [-0.2, -0.15) is 0 Å². The highest BCUT2D eigenvalue weighted by atomic mass is 32.1. The van der Waals surface area contributed by atoms with Gasteiger partial charge in [-0.3, -0.25) is 25.0 Å². The van der Waals surface area contributed by atoms with Crippen LogP contribution in [0, 0.1) is 11.8 Å². The number of likely N-dealkylation sites (tertiary alicyclic amines) is 1. The van der Waals surface area contributed by atoms with Crippen molar-refractivity contribution in [1.82, 2.24) is 25.3 Å². The minimum absolute atomic E-state index is 0.156. The molecule has 0 bridgehead atoms. The van der Waals surface area contributed by atoms with Crippen molar-refractivity contribution in [3.05, 3.63) is 82.4 Å². The molecule has 1 aliphatic rings. The second-order valence-corrected chi connectivity index (χ2v) is 9.36. The van der Waals surface area contributed by atoms with E-state index in [4.69, 9.17) is 0 Å². The molecule has 1 aliphatic heterocycles. The monoisotopic (exact) mass is 496 g/mol. The minimum Gasteiger partial charge on any atom is -0.332 e. The lowest BCUT2D eigenvalue weighted by atomic mass is 9.97. The molecule has 3 heterocycles. The normalized spacial score (nSPS) is 13.6. The molecule has 4 aromatic rings. The average molecular weight is 497 g/mol. The molecule has 36 heavy (non-hydrogen) atoms. The van der Waals surface area contributed by atoms with Crippen molar-refractivity contribution < 1.29 is 9.59 Å². The number of anilines is 1. The number of hydrazine groups is 1. The van der Waals surface area contributed by atoms with E-state index in [2.05, 4.69) is 32.2 Å². The topological polar surface area (TPSA) is 91.3 Å². The molecule has 0 unspecified atom stereocenters. The van der Waals surface area contributed by atoms with Gasteiger partial charge in [0.05, 0.1) is 22.2 Å². The van der Waals surface area contributed by atoms with Crippen LogP contribution in [-0.4, -0.2) is 51.8 Å². The molecule has 0 atom stereocenters. The van der Waals surface area contributed by atoms with Crippen molar-refractivity contribution in [2.45, 2.75) is 18.8 Å². The lowest BCUT2D eigenvalue weighted by Gasteiger charge is -2.29. The third-order valence-electron chi connectivity index (χ3n) is 6.02. The molecule has 2 amide bonds. The maximum atomic E-state index is 12.8. The van der Waals surface area contributed by atoms with E-state index in [0.717, 1.165) is 34.4 Å². The van der Waals surface area contributed by atoms with E-state index < -0.39 is 0 Å². The molecule has 0 spiro atoms. The summed E-state index contributed by atoms with van der Waals surface area (Å²) in [5.41, 5.74) is 5.55. The Bertz CT molecular complexity index is 1450. The summed E-state index contributed by atoms with van der Waals surface area (Å²) >= 11 is 1.48. The van der Waals surface area contributed by atoms with E-state index in [-0.39, 0.29) is 17.7 Å². The van der Waals surface area contributed by atoms with Gasteiger partial charge in [-0.25, -0.2) is 9.97 Å². The van der Waals surface area contributed by atoms with E-state index in [1.54, 1.807) is 28.5 Å². The van der Waals surface area contributed by atoms with Crippen molar-refractivity contribution in [3.63, 3.8) is 0 Å². The predicted octanol–water partition coefficient (Wildman–Crippen LogP) is 3.63. The van der Waals surface area contributed by atoms with Crippen molar-refractivity contribution in [1.29, 1.82) is 0 Å². The summed E-state index contributed by atoms with van der Waals surface area (Å²) in [6.07, 6.45) is 3.20. The highest BCUT2D eigenvalue weighted by Crippen LogP contribution is 2.30. The van der Waals surface area contributed by atoms with Crippen LogP contribution in [0.3, 0.4) is 0 Å². The molecule has 8 nitrogen and oxygen atoms in total. The number of benzene rings is 2. The van der Waals surface area contributed by atoms with Crippen LogP contribution in [0.15, 0.2) is 66.2 Å². The van der Waals surface area contributed by atoms with Crippen LogP contribution < -0.4 is 10.4 Å². The number of rotatable bonds is 4. The third kappa shape index (κ3) is 5.34. The number of para-hydroxylation sites is 2. The molecule has 2 aromatic heterocycles. The smallest absolute Gasteiger partial charge is 0.298 e. The number of fused-ring (bicyclic) bond motifs is 1. The Labute approximate surface area is 213 Å². The van der Waals surface area contributed by atoms with Gasteiger partial charge < -0.3 is 4.90 Å². The summed E-state index contributed by atoms with van der Waals surface area (Å²) in [5, 5.41) is 4.23. The first-order valence-electron chi connectivity index (χ1n) is 11.6. The van der Waals surface area contributed by atoms with Gasteiger partial charge in [-0.15, -0.1) is 11.3 Å². The Morgan fingerprint density at radius 3 is 2.53 bits per heavy atom. The first kappa shape index (κ1) is 23.5. The summed E-state index contributed by atoms with van der Waals surface area (Å²) in [5.74, 6) is 5.95. The largest absolute Gasteiger partial charge is 0.332 e. The quantitative estimate of drug-likeness (QED) is 0.343. The standard InChI is InChI=1S/C27H24N6O2S/c1-32(24-17-28-21-9-5-6-10-22(21)29-24)31-26(35)23-18-36-27(30-23)20-13-15-33(16-14-20)25(34)12-11-19-7-3-2-4-8-19/h2-10,17-18,20H,13-16H2,1H3,(H,31,35). The second kappa shape index (κ2) is 10.5. The lowest BCUT2D eigenvalue weighted by molar-refractivity contribution is -0.126. The van der Waals surface area contributed by atoms with Crippen LogP contribution in [-0.2, 0) is 4.79 Å². The summed E-state index contributed by atoms with van der Waals surface area (Å²) in [4.78, 5) is 40.6. The van der Waals surface area contributed by atoms with Crippen LogP contribution in [0.4, 0.5) is 5.82 Å². The Morgan fingerprint density at radius 1 is 1.03 bits per heavy atom. The maximum Gasteiger partial charge on any atom is 0.298 e. The number of nitrogens with zero attached hydrogens (tertiary/aromatic N) is 5. The van der Waals surface area contributed by atoms with Crippen molar-refractivity contribution >= 4 is 40.0 Å². The summed E-state index contributed by atoms with van der Waals surface area (Å²) in [6, 6.07) is 17.1. The first-order valence-corrected chi connectivity index (χ1v) is 12.5. The number of amides is 2. The molecule has 180 valence electrons. The maximum absolute atomic E-state index is 12.8. The average Bonchev–Trinajstić information content (AvgIpc) is 3.43. The van der Waals surface area contributed by atoms with Crippen LogP contribution in [0.5, 0.6) is 0 Å². The van der Waals surface area contributed by atoms with E-state index in [0.29, 0.717) is 24.6 Å². The molecule has 1 N–H and O–H groups in total. The van der Waals surface area contributed by atoms with E-state index in [9.17, 15) is 9.59 Å². The Hall–Kier alpha value is -4.29. The minimum atomic E-state index is -0.307. The zero-order valence-corrected chi connectivity index (χ0v) is 20.5. The van der Waals surface area contributed by atoms with E-state index in [1.165, 1.54) is 11.3 Å². The van der Waals surface area contributed by atoms with Gasteiger partial charge in [0.2, 0.25) is 0 Å². The number of nitrogens with one attached hydrogen (secondary N) is 1. The van der Waals surface area contributed by atoms with E-state index in [1.807, 2.05) is 54.6 Å². The van der Waals surface area contributed by atoms with Gasteiger partial charge in [0.15, 0.2) is 5.82 Å². The Balaban J connectivity index is 1.16. The van der Waals surface area contributed by atoms with Crippen LogP contribution >= 0.6 is 11.3 Å². The zero-order valence-electron chi connectivity index (χ0n) is 19.7. The number of carbonyl (C=O) groups excluding carboxylic acids is 2. The predicted molar refractivity (Wildman–Crippen MR) is 139 cm³/mol. The van der Waals surface area contributed by atoms with Crippen LogP contribution in [0.25, 0.3) is 11.0 Å². The Morgan fingerprint density at radius 2 is 1.75 bits per heavy atom. The number of thiazole rings is 1. The molecule has 0 aliphatic carbocycles.